The molecule has 5 rings (SSSR count). The molecule has 1 amide bonds. The van der Waals surface area contributed by atoms with Gasteiger partial charge in [-0.05, 0) is 50.2 Å². The van der Waals surface area contributed by atoms with Crippen LogP contribution in [0, 0.1) is 0 Å². The number of nitrogens with zero attached hydrogens (tertiary/aromatic N) is 5. The summed E-state index contributed by atoms with van der Waals surface area (Å²) in [6.07, 6.45) is 5.63. The van der Waals surface area contributed by atoms with E-state index in [9.17, 15) is 13.2 Å². The smallest absolute Gasteiger partial charge is 0.253 e. The minimum atomic E-state index is -3.49. The first kappa shape index (κ1) is 27.7. The molecule has 5 heterocycles. The summed E-state index contributed by atoms with van der Waals surface area (Å²) in [4.78, 5) is 29.4. The topological polar surface area (TPSA) is 129 Å². The quantitative estimate of drug-likeness (QED) is 0.343. The van der Waals surface area contributed by atoms with Crippen molar-refractivity contribution in [3.05, 3.63) is 72.3 Å². The van der Waals surface area contributed by atoms with Crippen molar-refractivity contribution < 1.29 is 22.7 Å². The van der Waals surface area contributed by atoms with E-state index in [0.29, 0.717) is 11.2 Å². The molecule has 11 nitrogen and oxygen atoms in total. The first-order valence-corrected chi connectivity index (χ1v) is 14.8. The zero-order valence-electron chi connectivity index (χ0n) is 22.8. The fourth-order valence-electron chi connectivity index (χ4n) is 4.80. The van der Waals surface area contributed by atoms with Crippen LogP contribution in [0.4, 0.5) is 5.82 Å². The number of rotatable bonds is 8. The molecule has 0 spiro atoms. The lowest BCUT2D eigenvalue weighted by Crippen LogP contribution is -2.45. The minimum Gasteiger partial charge on any atom is -0.382 e. The molecule has 4 aromatic heterocycles. The number of pyridine rings is 3. The average molecular weight is 565 g/mol. The number of morpholine rings is 1. The van der Waals surface area contributed by atoms with Crippen LogP contribution in [0.2, 0.25) is 0 Å². The van der Waals surface area contributed by atoms with Crippen molar-refractivity contribution in [1.82, 2.24) is 24.2 Å². The van der Waals surface area contributed by atoms with Crippen LogP contribution in [0.25, 0.3) is 22.3 Å². The van der Waals surface area contributed by atoms with E-state index in [-0.39, 0.29) is 24.4 Å². The molecule has 40 heavy (non-hydrogen) atoms. The summed E-state index contributed by atoms with van der Waals surface area (Å²) in [6.45, 7) is 5.83. The van der Waals surface area contributed by atoms with E-state index in [2.05, 4.69) is 29.0 Å². The Morgan fingerprint density at radius 3 is 2.58 bits per heavy atom. The highest BCUT2D eigenvalue weighted by atomic mass is 32.2. The standard InChI is InChI=1S/C28H32N6O5S/c1-18-14-33(15-19(2)39-18)27-7-5-6-22(31-27)23-9-8-20-13-29-25(12-24(20)30-23)26(17-38-3)32-28(35)21-10-11-34(16-21)40(4,36)37/h5-13,16,18-19,26H,14-15,17H2,1-4H3,(H,32,35)/t18-,19+,26-/m0/s1. The maximum atomic E-state index is 12.9. The Bertz CT molecular complexity index is 1630. The van der Waals surface area contributed by atoms with Crippen molar-refractivity contribution in [2.45, 2.75) is 32.1 Å². The highest BCUT2D eigenvalue weighted by molar-refractivity contribution is 7.89. The van der Waals surface area contributed by atoms with Gasteiger partial charge in [0.1, 0.15) is 5.82 Å². The third kappa shape index (κ3) is 6.14. The maximum absolute atomic E-state index is 12.9. The Balaban J connectivity index is 1.41. The molecule has 1 aliphatic rings. The van der Waals surface area contributed by atoms with Crippen LogP contribution in [0.3, 0.4) is 0 Å². The number of nitrogens with one attached hydrogen (secondary N) is 1. The van der Waals surface area contributed by atoms with E-state index < -0.39 is 22.0 Å². The second-order valence-electron chi connectivity index (χ2n) is 10.0. The predicted molar refractivity (Wildman–Crippen MR) is 152 cm³/mol. The summed E-state index contributed by atoms with van der Waals surface area (Å²) >= 11 is 0. The summed E-state index contributed by atoms with van der Waals surface area (Å²) in [5.74, 6) is 0.435. The van der Waals surface area contributed by atoms with E-state index in [1.54, 1.807) is 6.20 Å². The second kappa shape index (κ2) is 11.3. The Morgan fingerprint density at radius 2 is 1.88 bits per heavy atom. The normalized spacial score (nSPS) is 18.6. The molecule has 1 N–H and O–H groups in total. The third-order valence-corrected chi connectivity index (χ3v) is 7.64. The van der Waals surface area contributed by atoms with E-state index in [1.165, 1.54) is 25.6 Å². The number of carbonyl (C=O) groups excluding carboxylic acids is 1. The Labute approximate surface area is 233 Å². The van der Waals surface area contributed by atoms with Crippen molar-refractivity contribution in [3.8, 4) is 11.4 Å². The second-order valence-corrected chi connectivity index (χ2v) is 11.9. The molecule has 0 unspecified atom stereocenters. The first-order chi connectivity index (χ1) is 19.1. The Hall–Kier alpha value is -3.87. The molecule has 4 aromatic rings. The van der Waals surface area contributed by atoms with Crippen LogP contribution in [-0.2, 0) is 19.5 Å². The van der Waals surface area contributed by atoms with Gasteiger partial charge in [-0.1, -0.05) is 6.07 Å². The lowest BCUT2D eigenvalue weighted by Gasteiger charge is -2.36. The van der Waals surface area contributed by atoms with Gasteiger partial charge >= 0.3 is 0 Å². The van der Waals surface area contributed by atoms with E-state index in [1.807, 2.05) is 36.4 Å². The Morgan fingerprint density at radius 1 is 1.12 bits per heavy atom. The van der Waals surface area contributed by atoms with E-state index in [0.717, 1.165) is 45.9 Å². The van der Waals surface area contributed by atoms with Crippen molar-refractivity contribution in [2.75, 3.05) is 38.0 Å². The van der Waals surface area contributed by atoms with Crippen LogP contribution in [0.1, 0.15) is 35.9 Å². The van der Waals surface area contributed by atoms with E-state index in [4.69, 9.17) is 19.4 Å². The lowest BCUT2D eigenvalue weighted by molar-refractivity contribution is -0.00545. The van der Waals surface area contributed by atoms with Gasteiger partial charge < -0.3 is 19.7 Å². The summed E-state index contributed by atoms with van der Waals surface area (Å²) in [5, 5.41) is 3.73. The molecular formula is C28H32N6O5S. The highest BCUT2D eigenvalue weighted by Crippen LogP contribution is 2.25. The number of ether oxygens (including phenoxy) is 2. The van der Waals surface area contributed by atoms with Gasteiger partial charge in [0, 0.05) is 44.2 Å². The molecule has 210 valence electrons. The number of hydrogen-bond acceptors (Lipinski definition) is 9. The molecule has 1 aliphatic heterocycles. The van der Waals surface area contributed by atoms with Crippen LogP contribution in [-0.4, -0.2) is 78.5 Å². The van der Waals surface area contributed by atoms with Gasteiger partial charge in [-0.3, -0.25) is 13.8 Å². The monoisotopic (exact) mass is 564 g/mol. The first-order valence-electron chi connectivity index (χ1n) is 12.9. The number of carbonyl (C=O) groups is 1. The zero-order valence-corrected chi connectivity index (χ0v) is 23.6. The van der Waals surface area contributed by atoms with Crippen LogP contribution >= 0.6 is 0 Å². The minimum absolute atomic E-state index is 0.124. The van der Waals surface area contributed by atoms with Crippen LogP contribution in [0.5, 0.6) is 0 Å². The number of methoxy groups -OCH3 is 1. The highest BCUT2D eigenvalue weighted by Gasteiger charge is 2.24. The molecular weight excluding hydrogens is 532 g/mol. The molecule has 12 heteroatoms. The van der Waals surface area contributed by atoms with Crippen molar-refractivity contribution in [2.24, 2.45) is 0 Å². The van der Waals surface area contributed by atoms with Gasteiger partial charge in [0.25, 0.3) is 5.91 Å². The van der Waals surface area contributed by atoms with Gasteiger partial charge in [0.05, 0.1) is 59.3 Å². The van der Waals surface area contributed by atoms with Gasteiger partial charge in [-0.15, -0.1) is 0 Å². The number of aromatic nitrogens is 4. The third-order valence-electron chi connectivity index (χ3n) is 6.64. The molecule has 3 atom stereocenters. The predicted octanol–water partition coefficient (Wildman–Crippen LogP) is 3.03. The van der Waals surface area contributed by atoms with Crippen LogP contribution in [0.15, 0.2) is 61.1 Å². The fraction of sp³-hybridized carbons (Fsp3) is 0.357. The average Bonchev–Trinajstić information content (AvgIpc) is 3.43. The molecule has 1 saturated heterocycles. The molecule has 0 aromatic carbocycles. The Kier molecular flexibility index (Phi) is 7.83. The summed E-state index contributed by atoms with van der Waals surface area (Å²) < 4.78 is 35.8. The summed E-state index contributed by atoms with van der Waals surface area (Å²) in [5.41, 5.74) is 2.94. The van der Waals surface area contributed by atoms with Crippen molar-refractivity contribution >= 4 is 32.7 Å². The van der Waals surface area contributed by atoms with Crippen molar-refractivity contribution in [1.29, 1.82) is 0 Å². The summed E-state index contributed by atoms with van der Waals surface area (Å²) in [7, 11) is -1.96. The molecule has 0 bridgehead atoms. The molecule has 0 aliphatic carbocycles. The van der Waals surface area contributed by atoms with Gasteiger partial charge in [0.15, 0.2) is 0 Å². The fourth-order valence-corrected chi connectivity index (χ4v) is 5.39. The van der Waals surface area contributed by atoms with Gasteiger partial charge in [0.2, 0.25) is 10.0 Å². The van der Waals surface area contributed by atoms with Crippen LogP contribution < -0.4 is 10.2 Å². The number of fused-ring (bicyclic) bond motifs is 1. The zero-order chi connectivity index (χ0) is 28.4. The van der Waals surface area contributed by atoms with E-state index >= 15 is 0 Å². The number of hydrogen-bond donors (Lipinski definition) is 1. The maximum Gasteiger partial charge on any atom is 0.253 e. The molecule has 0 radical (unpaired) electrons. The lowest BCUT2D eigenvalue weighted by atomic mass is 10.1. The van der Waals surface area contributed by atoms with Crippen molar-refractivity contribution in [3.63, 3.8) is 0 Å². The molecule has 1 fully saturated rings. The van der Waals surface area contributed by atoms with Gasteiger partial charge in [-0.25, -0.2) is 18.4 Å². The largest absolute Gasteiger partial charge is 0.382 e. The SMILES string of the molecule is COC[C@H](NC(=O)c1ccn(S(C)(=O)=O)c1)c1cc2nc(-c3cccc(N4C[C@@H](C)O[C@@H](C)C4)n3)ccc2cn1. The number of amides is 1. The van der Waals surface area contributed by atoms with Gasteiger partial charge in [-0.2, -0.15) is 0 Å². The molecule has 0 saturated carbocycles. The number of anilines is 1. The summed E-state index contributed by atoms with van der Waals surface area (Å²) in [6, 6.07) is 12.5.